The van der Waals surface area contributed by atoms with Crippen molar-refractivity contribution < 1.29 is 8.42 Å². The maximum atomic E-state index is 12.8. The maximum absolute atomic E-state index is 12.8. The molecule has 0 amide bonds. The van der Waals surface area contributed by atoms with E-state index in [1.54, 1.807) is 48.8 Å². The number of unbranched alkanes of at least 4 members (excludes halogenated alkanes) is 1. The van der Waals surface area contributed by atoms with Crippen LogP contribution in [0, 0.1) is 0 Å². The Morgan fingerprint density at radius 1 is 1.11 bits per heavy atom. The van der Waals surface area contributed by atoms with Gasteiger partial charge in [0.2, 0.25) is 0 Å². The molecule has 2 N–H and O–H groups in total. The van der Waals surface area contributed by atoms with E-state index in [1.165, 1.54) is 0 Å². The fraction of sp³-hybridized carbons (Fsp3) is 0.250. The van der Waals surface area contributed by atoms with E-state index in [2.05, 4.69) is 26.5 Å². The minimum atomic E-state index is -3.65. The van der Waals surface area contributed by atoms with E-state index in [-0.39, 0.29) is 17.3 Å². The van der Waals surface area contributed by atoms with E-state index < -0.39 is 10.0 Å². The highest BCUT2D eigenvalue weighted by Crippen LogP contribution is 2.23. The Labute approximate surface area is 172 Å². The van der Waals surface area contributed by atoms with Crippen LogP contribution in [0.2, 0.25) is 0 Å². The van der Waals surface area contributed by atoms with E-state index in [1.807, 2.05) is 18.3 Å². The molecular formula is C20H25ClN4O2S. The topological polar surface area (TPSA) is 78.1 Å². The zero-order valence-corrected chi connectivity index (χ0v) is 17.3. The second-order valence-electron chi connectivity index (χ2n) is 6.30. The van der Waals surface area contributed by atoms with Crippen LogP contribution in [-0.2, 0) is 16.6 Å². The highest BCUT2D eigenvalue weighted by molar-refractivity contribution is 7.92. The predicted octanol–water partition coefficient (Wildman–Crippen LogP) is 4.44. The lowest BCUT2D eigenvalue weighted by atomic mass is 10.2. The molecule has 1 aromatic heterocycles. The number of H-pyrrole nitrogens is 1. The molecule has 1 heterocycles. The fourth-order valence-electron chi connectivity index (χ4n) is 2.79. The summed E-state index contributed by atoms with van der Waals surface area (Å²) in [5, 5.41) is 0. The molecule has 0 spiro atoms. The van der Waals surface area contributed by atoms with Gasteiger partial charge in [0.25, 0.3) is 10.0 Å². The molecule has 0 saturated carbocycles. The van der Waals surface area contributed by atoms with Gasteiger partial charge in [0.05, 0.1) is 23.5 Å². The molecule has 0 bridgehead atoms. The Bertz CT molecular complexity index is 947. The van der Waals surface area contributed by atoms with Gasteiger partial charge in [0.1, 0.15) is 0 Å². The lowest BCUT2D eigenvalue weighted by molar-refractivity contribution is 0.601. The molecular weight excluding hydrogens is 396 g/mol. The van der Waals surface area contributed by atoms with Crippen LogP contribution in [0.3, 0.4) is 0 Å². The first-order valence-corrected chi connectivity index (χ1v) is 10.5. The van der Waals surface area contributed by atoms with Crippen molar-refractivity contribution in [3.63, 3.8) is 0 Å². The van der Waals surface area contributed by atoms with E-state index in [9.17, 15) is 8.42 Å². The summed E-state index contributed by atoms with van der Waals surface area (Å²) in [7, 11) is -3.65. The number of hydrogen-bond acceptors (Lipinski definition) is 4. The maximum Gasteiger partial charge on any atom is 0.261 e. The summed E-state index contributed by atoms with van der Waals surface area (Å²) < 4.78 is 28.1. The average Bonchev–Trinajstić information content (AvgIpc) is 3.19. The highest BCUT2D eigenvalue weighted by atomic mass is 35.5. The summed E-state index contributed by atoms with van der Waals surface area (Å²) in [6.45, 7) is 3.59. The summed E-state index contributed by atoms with van der Waals surface area (Å²) in [5.74, 6) is 0. The molecule has 0 atom stereocenters. The third-order valence-electron chi connectivity index (χ3n) is 4.21. The molecule has 2 aromatic carbocycles. The normalized spacial score (nSPS) is 10.9. The van der Waals surface area contributed by atoms with Crippen molar-refractivity contribution in [1.82, 2.24) is 9.97 Å². The first-order valence-electron chi connectivity index (χ1n) is 8.99. The molecule has 0 radical (unpaired) electrons. The van der Waals surface area contributed by atoms with Crippen molar-refractivity contribution in [2.45, 2.75) is 31.2 Å². The SMILES string of the molecule is CCCCN(Cc1c[nH]cn1)c1cccc(S(=O)(=O)Nc2ccccc2)c1.Cl. The number of aromatic amines is 1. The van der Waals surface area contributed by atoms with E-state index in [0.29, 0.717) is 12.2 Å². The second-order valence-corrected chi connectivity index (χ2v) is 7.99. The van der Waals surface area contributed by atoms with E-state index >= 15 is 0 Å². The van der Waals surface area contributed by atoms with Gasteiger partial charge < -0.3 is 9.88 Å². The Balaban J connectivity index is 0.00000280. The molecule has 3 rings (SSSR count). The molecule has 28 heavy (non-hydrogen) atoms. The minimum Gasteiger partial charge on any atom is -0.366 e. The van der Waals surface area contributed by atoms with Crippen LogP contribution in [0.4, 0.5) is 11.4 Å². The first-order chi connectivity index (χ1) is 13.1. The largest absolute Gasteiger partial charge is 0.366 e. The molecule has 150 valence electrons. The first kappa shape index (κ1) is 21.8. The number of nitrogens with zero attached hydrogens (tertiary/aromatic N) is 2. The lowest BCUT2D eigenvalue weighted by Gasteiger charge is -2.24. The van der Waals surface area contributed by atoms with Gasteiger partial charge in [-0.3, -0.25) is 4.72 Å². The number of aromatic nitrogens is 2. The third-order valence-corrected chi connectivity index (χ3v) is 5.59. The molecule has 0 fully saturated rings. The summed E-state index contributed by atoms with van der Waals surface area (Å²) in [6, 6.07) is 15.9. The van der Waals surface area contributed by atoms with Crippen molar-refractivity contribution in [1.29, 1.82) is 0 Å². The monoisotopic (exact) mass is 420 g/mol. The van der Waals surface area contributed by atoms with Crippen LogP contribution in [0.15, 0.2) is 72.0 Å². The Kier molecular flexibility index (Phi) is 7.90. The van der Waals surface area contributed by atoms with Gasteiger partial charge >= 0.3 is 0 Å². The zero-order chi connectivity index (χ0) is 19.1. The van der Waals surface area contributed by atoms with Gasteiger partial charge in [0.15, 0.2) is 0 Å². The van der Waals surface area contributed by atoms with Crippen molar-refractivity contribution in [3.05, 3.63) is 72.8 Å². The molecule has 0 aliphatic carbocycles. The molecule has 0 unspecified atom stereocenters. The molecule has 8 heteroatoms. The van der Waals surface area contributed by atoms with Crippen molar-refractivity contribution in [2.24, 2.45) is 0 Å². The minimum absolute atomic E-state index is 0. The van der Waals surface area contributed by atoms with E-state index in [0.717, 1.165) is 30.8 Å². The number of sulfonamides is 1. The number of rotatable bonds is 9. The molecule has 0 saturated heterocycles. The summed E-state index contributed by atoms with van der Waals surface area (Å²) >= 11 is 0. The fourth-order valence-corrected chi connectivity index (χ4v) is 3.89. The van der Waals surface area contributed by atoms with Gasteiger partial charge in [-0.15, -0.1) is 12.4 Å². The van der Waals surface area contributed by atoms with E-state index in [4.69, 9.17) is 0 Å². The molecule has 3 aromatic rings. The average molecular weight is 421 g/mol. The molecule has 6 nitrogen and oxygen atoms in total. The molecule has 0 aliphatic heterocycles. The number of nitrogens with one attached hydrogen (secondary N) is 2. The van der Waals surface area contributed by atoms with Crippen LogP contribution in [0.1, 0.15) is 25.5 Å². The van der Waals surface area contributed by atoms with Crippen LogP contribution in [-0.4, -0.2) is 24.9 Å². The number of para-hydroxylation sites is 1. The number of imidazole rings is 1. The standard InChI is InChI=1S/C20H24N4O2S.ClH/c1-2-3-12-24(15-18-14-21-16-22-18)19-10-7-11-20(13-19)27(25,26)23-17-8-5-4-6-9-17;/h4-11,13-14,16,23H,2-3,12,15H2,1H3,(H,21,22);1H. The smallest absolute Gasteiger partial charge is 0.261 e. The van der Waals surface area contributed by atoms with Crippen molar-refractivity contribution >= 4 is 33.8 Å². The summed E-state index contributed by atoms with van der Waals surface area (Å²) in [6.07, 6.45) is 5.59. The number of benzene rings is 2. The van der Waals surface area contributed by atoms with Gasteiger partial charge in [0, 0.05) is 24.1 Å². The van der Waals surface area contributed by atoms with Crippen LogP contribution < -0.4 is 9.62 Å². The van der Waals surface area contributed by atoms with Gasteiger partial charge in [-0.25, -0.2) is 13.4 Å². The van der Waals surface area contributed by atoms with Gasteiger partial charge in [-0.2, -0.15) is 0 Å². The Morgan fingerprint density at radius 2 is 1.89 bits per heavy atom. The van der Waals surface area contributed by atoms with Crippen LogP contribution >= 0.6 is 12.4 Å². The number of hydrogen-bond donors (Lipinski definition) is 2. The van der Waals surface area contributed by atoms with Crippen molar-refractivity contribution in [3.8, 4) is 0 Å². The highest BCUT2D eigenvalue weighted by Gasteiger charge is 2.17. The number of anilines is 2. The van der Waals surface area contributed by atoms with Gasteiger partial charge in [-0.1, -0.05) is 37.6 Å². The summed E-state index contributed by atoms with van der Waals surface area (Å²) in [5.41, 5.74) is 2.33. The molecule has 0 aliphatic rings. The quantitative estimate of drug-likeness (QED) is 0.536. The Hall–Kier alpha value is -2.51. The predicted molar refractivity (Wildman–Crippen MR) is 115 cm³/mol. The number of halogens is 1. The second kappa shape index (κ2) is 10.1. The lowest BCUT2D eigenvalue weighted by Crippen LogP contribution is -2.24. The van der Waals surface area contributed by atoms with Crippen LogP contribution in [0.25, 0.3) is 0 Å². The third kappa shape index (κ3) is 5.74. The van der Waals surface area contributed by atoms with Crippen LogP contribution in [0.5, 0.6) is 0 Å². The van der Waals surface area contributed by atoms with Gasteiger partial charge in [-0.05, 0) is 36.8 Å². The zero-order valence-electron chi connectivity index (χ0n) is 15.7. The summed E-state index contributed by atoms with van der Waals surface area (Å²) in [4.78, 5) is 9.65. The Morgan fingerprint density at radius 3 is 2.57 bits per heavy atom. The van der Waals surface area contributed by atoms with Crippen molar-refractivity contribution in [2.75, 3.05) is 16.2 Å².